The standard InChI is InChI=1S/C15H26N6O/c22-12-7-16-13-17-14(20-8-3-1-4-9-20)19-15(18-13)21-10-5-2-6-11-21/h22H,1-12H2,(H,16,17,18,19). The molecule has 2 aliphatic rings. The Hall–Kier alpha value is -1.63. The van der Waals surface area contributed by atoms with E-state index in [2.05, 4.69) is 25.1 Å². The van der Waals surface area contributed by atoms with E-state index >= 15 is 0 Å². The smallest absolute Gasteiger partial charge is 0.231 e. The first-order valence-corrected chi connectivity index (χ1v) is 8.47. The molecule has 7 heteroatoms. The van der Waals surface area contributed by atoms with Crippen molar-refractivity contribution in [2.24, 2.45) is 0 Å². The molecule has 122 valence electrons. The van der Waals surface area contributed by atoms with Gasteiger partial charge in [-0.1, -0.05) is 0 Å². The van der Waals surface area contributed by atoms with Crippen molar-refractivity contribution in [3.63, 3.8) is 0 Å². The average molecular weight is 306 g/mol. The normalized spacial score (nSPS) is 19.3. The van der Waals surface area contributed by atoms with Gasteiger partial charge in [0.1, 0.15) is 0 Å². The molecule has 0 atom stereocenters. The van der Waals surface area contributed by atoms with E-state index in [4.69, 9.17) is 10.1 Å². The first-order valence-electron chi connectivity index (χ1n) is 8.47. The van der Waals surface area contributed by atoms with Crippen molar-refractivity contribution in [1.29, 1.82) is 0 Å². The van der Waals surface area contributed by atoms with Crippen LogP contribution in [0.5, 0.6) is 0 Å². The fourth-order valence-corrected chi connectivity index (χ4v) is 3.07. The molecule has 1 aromatic heterocycles. The molecule has 22 heavy (non-hydrogen) atoms. The molecule has 2 fully saturated rings. The molecule has 3 heterocycles. The summed E-state index contributed by atoms with van der Waals surface area (Å²) in [6.07, 6.45) is 7.37. The number of rotatable bonds is 5. The third-order valence-corrected chi connectivity index (χ3v) is 4.28. The summed E-state index contributed by atoms with van der Waals surface area (Å²) in [5, 5.41) is 12.1. The van der Waals surface area contributed by atoms with Crippen LogP contribution >= 0.6 is 0 Å². The minimum Gasteiger partial charge on any atom is -0.395 e. The number of aromatic nitrogens is 3. The molecule has 0 bridgehead atoms. The zero-order valence-electron chi connectivity index (χ0n) is 13.2. The Kier molecular flexibility index (Phi) is 5.26. The number of aliphatic hydroxyl groups excluding tert-OH is 1. The Morgan fingerprint density at radius 2 is 1.27 bits per heavy atom. The van der Waals surface area contributed by atoms with Crippen LogP contribution in [-0.4, -0.2) is 59.4 Å². The molecule has 2 N–H and O–H groups in total. The molecule has 0 spiro atoms. The van der Waals surface area contributed by atoms with Gasteiger partial charge < -0.3 is 20.2 Å². The summed E-state index contributed by atoms with van der Waals surface area (Å²) in [5.41, 5.74) is 0. The van der Waals surface area contributed by atoms with Crippen molar-refractivity contribution in [3.05, 3.63) is 0 Å². The van der Waals surface area contributed by atoms with Gasteiger partial charge in [0.15, 0.2) is 0 Å². The van der Waals surface area contributed by atoms with E-state index in [1.165, 1.54) is 38.5 Å². The predicted octanol–water partition coefficient (Wildman–Crippen LogP) is 1.26. The Balaban J connectivity index is 1.83. The summed E-state index contributed by atoms with van der Waals surface area (Å²) in [6, 6.07) is 0. The van der Waals surface area contributed by atoms with E-state index in [-0.39, 0.29) is 6.61 Å². The number of hydrogen-bond acceptors (Lipinski definition) is 7. The number of anilines is 3. The van der Waals surface area contributed by atoms with E-state index < -0.39 is 0 Å². The van der Waals surface area contributed by atoms with Crippen molar-refractivity contribution in [3.8, 4) is 0 Å². The predicted molar refractivity (Wildman–Crippen MR) is 87.5 cm³/mol. The van der Waals surface area contributed by atoms with E-state index in [9.17, 15) is 0 Å². The number of hydrogen-bond donors (Lipinski definition) is 2. The van der Waals surface area contributed by atoms with Crippen LogP contribution in [0.25, 0.3) is 0 Å². The van der Waals surface area contributed by atoms with E-state index in [0.717, 1.165) is 38.1 Å². The quantitative estimate of drug-likeness (QED) is 0.848. The van der Waals surface area contributed by atoms with Crippen LogP contribution in [0.1, 0.15) is 38.5 Å². The van der Waals surface area contributed by atoms with Gasteiger partial charge in [-0.05, 0) is 38.5 Å². The van der Waals surface area contributed by atoms with Crippen LogP contribution in [0.3, 0.4) is 0 Å². The molecule has 0 saturated carbocycles. The van der Waals surface area contributed by atoms with Crippen molar-refractivity contribution in [1.82, 2.24) is 15.0 Å². The number of nitrogens with zero attached hydrogens (tertiary/aromatic N) is 5. The maximum absolute atomic E-state index is 9.01. The number of nitrogens with one attached hydrogen (secondary N) is 1. The third kappa shape index (κ3) is 3.76. The Bertz CT molecular complexity index is 435. The summed E-state index contributed by atoms with van der Waals surface area (Å²) in [4.78, 5) is 18.3. The molecular weight excluding hydrogens is 280 g/mol. The number of aliphatic hydroxyl groups is 1. The Morgan fingerprint density at radius 3 is 1.73 bits per heavy atom. The molecule has 2 aliphatic heterocycles. The van der Waals surface area contributed by atoms with Crippen molar-refractivity contribution >= 4 is 17.8 Å². The first-order chi connectivity index (χ1) is 10.9. The second kappa shape index (κ2) is 7.58. The summed E-state index contributed by atoms with van der Waals surface area (Å²) in [5.74, 6) is 2.12. The van der Waals surface area contributed by atoms with Crippen molar-refractivity contribution in [2.75, 3.05) is 54.4 Å². The van der Waals surface area contributed by atoms with Gasteiger partial charge in [0.2, 0.25) is 17.8 Å². The molecule has 1 aromatic rings. The SMILES string of the molecule is OCCNc1nc(N2CCCCC2)nc(N2CCCCC2)n1. The van der Waals surface area contributed by atoms with Gasteiger partial charge in [0, 0.05) is 32.7 Å². The van der Waals surface area contributed by atoms with Crippen LogP contribution in [0.15, 0.2) is 0 Å². The van der Waals surface area contributed by atoms with E-state index in [1.54, 1.807) is 0 Å². The third-order valence-electron chi connectivity index (χ3n) is 4.28. The first kappa shape index (κ1) is 15.3. The van der Waals surface area contributed by atoms with Gasteiger partial charge in [-0.25, -0.2) is 0 Å². The maximum Gasteiger partial charge on any atom is 0.231 e. The largest absolute Gasteiger partial charge is 0.395 e. The lowest BCUT2D eigenvalue weighted by atomic mass is 10.1. The lowest BCUT2D eigenvalue weighted by molar-refractivity contribution is 0.310. The second-order valence-corrected chi connectivity index (χ2v) is 6.00. The van der Waals surface area contributed by atoms with Gasteiger partial charge in [-0.3, -0.25) is 0 Å². The highest BCUT2D eigenvalue weighted by molar-refractivity contribution is 5.45. The zero-order valence-corrected chi connectivity index (χ0v) is 13.2. The van der Waals surface area contributed by atoms with Crippen LogP contribution in [0.4, 0.5) is 17.8 Å². The fourth-order valence-electron chi connectivity index (χ4n) is 3.07. The summed E-state index contributed by atoms with van der Waals surface area (Å²) in [6.45, 7) is 4.60. The molecule has 0 aromatic carbocycles. The lowest BCUT2D eigenvalue weighted by Crippen LogP contribution is -2.34. The Labute approximate surface area is 131 Å². The molecule has 2 saturated heterocycles. The Morgan fingerprint density at radius 1 is 0.773 bits per heavy atom. The summed E-state index contributed by atoms with van der Waals surface area (Å²) in [7, 11) is 0. The molecule has 0 radical (unpaired) electrons. The van der Waals surface area contributed by atoms with Crippen molar-refractivity contribution in [2.45, 2.75) is 38.5 Å². The van der Waals surface area contributed by atoms with Crippen LogP contribution < -0.4 is 15.1 Å². The monoisotopic (exact) mass is 306 g/mol. The highest BCUT2D eigenvalue weighted by Crippen LogP contribution is 2.22. The van der Waals surface area contributed by atoms with Crippen molar-refractivity contribution < 1.29 is 5.11 Å². The van der Waals surface area contributed by atoms with Crippen LogP contribution in [0, 0.1) is 0 Å². The summed E-state index contributed by atoms with van der Waals surface area (Å²) < 4.78 is 0. The minimum absolute atomic E-state index is 0.0732. The van der Waals surface area contributed by atoms with Gasteiger partial charge in [0.25, 0.3) is 0 Å². The van der Waals surface area contributed by atoms with Gasteiger partial charge >= 0.3 is 0 Å². The molecule has 0 amide bonds. The number of piperidine rings is 2. The van der Waals surface area contributed by atoms with Crippen LogP contribution in [0.2, 0.25) is 0 Å². The van der Waals surface area contributed by atoms with Crippen LogP contribution in [-0.2, 0) is 0 Å². The zero-order chi connectivity index (χ0) is 15.2. The maximum atomic E-state index is 9.01. The molecular formula is C15H26N6O. The summed E-state index contributed by atoms with van der Waals surface area (Å²) >= 11 is 0. The average Bonchev–Trinajstić information content (AvgIpc) is 2.61. The van der Waals surface area contributed by atoms with E-state index in [1.807, 2.05) is 0 Å². The fraction of sp³-hybridized carbons (Fsp3) is 0.800. The van der Waals surface area contributed by atoms with Gasteiger partial charge in [0.05, 0.1) is 6.61 Å². The lowest BCUT2D eigenvalue weighted by Gasteiger charge is -2.30. The molecule has 3 rings (SSSR count). The molecule has 7 nitrogen and oxygen atoms in total. The topological polar surface area (TPSA) is 77.4 Å². The second-order valence-electron chi connectivity index (χ2n) is 6.00. The van der Waals surface area contributed by atoms with Gasteiger partial charge in [-0.15, -0.1) is 0 Å². The minimum atomic E-state index is 0.0732. The molecule has 0 aliphatic carbocycles. The molecule has 0 unspecified atom stereocenters. The van der Waals surface area contributed by atoms with E-state index in [0.29, 0.717) is 12.5 Å². The highest BCUT2D eigenvalue weighted by atomic mass is 16.3. The highest BCUT2D eigenvalue weighted by Gasteiger charge is 2.20. The van der Waals surface area contributed by atoms with Gasteiger partial charge in [-0.2, -0.15) is 15.0 Å².